The highest BCUT2D eigenvalue weighted by atomic mass is 19.3. The largest absolute Gasteiger partial charge is 0.489 e. The van der Waals surface area contributed by atoms with Gasteiger partial charge in [-0.25, -0.2) is 8.78 Å². The fourth-order valence-corrected chi connectivity index (χ4v) is 4.22. The number of likely N-dealkylation sites (tertiary alicyclic amines) is 1. The van der Waals surface area contributed by atoms with Crippen LogP contribution in [0.1, 0.15) is 43.2 Å². The van der Waals surface area contributed by atoms with Gasteiger partial charge in [-0.3, -0.25) is 9.59 Å². The Labute approximate surface area is 200 Å². The number of alkyl halides is 2. The molecule has 35 heavy (non-hydrogen) atoms. The van der Waals surface area contributed by atoms with Gasteiger partial charge in [-0.2, -0.15) is 8.78 Å². The van der Waals surface area contributed by atoms with Gasteiger partial charge < -0.3 is 19.7 Å². The Kier molecular flexibility index (Phi) is 7.47. The Hall–Kier alpha value is -3.30. The first-order valence-corrected chi connectivity index (χ1v) is 11.4. The van der Waals surface area contributed by atoms with Crippen LogP contribution in [0.15, 0.2) is 36.4 Å². The monoisotopic (exact) mass is 494 g/mol. The lowest BCUT2D eigenvalue weighted by atomic mass is 9.95. The summed E-state index contributed by atoms with van der Waals surface area (Å²) >= 11 is 0. The molecule has 1 saturated carbocycles. The third-order valence-corrected chi connectivity index (χ3v) is 6.30. The molecule has 2 atom stereocenters. The number of rotatable bonds is 9. The molecule has 1 unspecified atom stereocenters. The lowest BCUT2D eigenvalue weighted by Gasteiger charge is -2.22. The quantitative estimate of drug-likeness (QED) is 0.526. The molecule has 1 N–H and O–H groups in total. The van der Waals surface area contributed by atoms with Crippen molar-refractivity contribution in [3.8, 4) is 11.5 Å². The second-order valence-corrected chi connectivity index (χ2v) is 8.91. The fraction of sp³-hybridized carbons (Fsp3) is 0.440. The van der Waals surface area contributed by atoms with Crippen LogP contribution >= 0.6 is 0 Å². The Bertz CT molecular complexity index is 1090. The SMILES string of the molecule is CC(=O)N1CC(c2ccc(OC(F)F)c(OCC3CC3)c2)C[C@@H]1C(=O)NCc1ccc(F)cc1F. The summed E-state index contributed by atoms with van der Waals surface area (Å²) in [6, 6.07) is 6.94. The lowest BCUT2D eigenvalue weighted by Crippen LogP contribution is -2.45. The maximum Gasteiger partial charge on any atom is 0.387 e. The van der Waals surface area contributed by atoms with Crippen molar-refractivity contribution in [3.05, 3.63) is 59.2 Å². The number of amides is 2. The average Bonchev–Trinajstić information content (AvgIpc) is 3.52. The van der Waals surface area contributed by atoms with E-state index >= 15 is 0 Å². The van der Waals surface area contributed by atoms with Crippen LogP contribution in [-0.4, -0.2) is 42.5 Å². The molecule has 188 valence electrons. The summed E-state index contributed by atoms with van der Waals surface area (Å²) in [7, 11) is 0. The van der Waals surface area contributed by atoms with Crippen LogP contribution in [-0.2, 0) is 16.1 Å². The van der Waals surface area contributed by atoms with Crippen molar-refractivity contribution in [2.45, 2.75) is 51.3 Å². The van der Waals surface area contributed by atoms with Gasteiger partial charge in [-0.05, 0) is 48.9 Å². The molecular formula is C25H26F4N2O4. The van der Waals surface area contributed by atoms with Crippen LogP contribution in [0.2, 0.25) is 0 Å². The summed E-state index contributed by atoms with van der Waals surface area (Å²) < 4.78 is 63.0. The molecule has 2 aromatic carbocycles. The molecule has 2 amide bonds. The highest BCUT2D eigenvalue weighted by Crippen LogP contribution is 2.39. The van der Waals surface area contributed by atoms with Crippen molar-refractivity contribution in [1.29, 1.82) is 0 Å². The molecule has 6 nitrogen and oxygen atoms in total. The maximum absolute atomic E-state index is 13.9. The number of halogens is 4. The van der Waals surface area contributed by atoms with Gasteiger partial charge in [0.2, 0.25) is 11.8 Å². The predicted molar refractivity (Wildman–Crippen MR) is 118 cm³/mol. The summed E-state index contributed by atoms with van der Waals surface area (Å²) in [6.07, 6.45) is 2.34. The summed E-state index contributed by atoms with van der Waals surface area (Å²) in [6.45, 7) is -1.15. The maximum atomic E-state index is 13.9. The Morgan fingerprint density at radius 2 is 1.89 bits per heavy atom. The van der Waals surface area contributed by atoms with E-state index in [1.807, 2.05) is 0 Å². The summed E-state index contributed by atoms with van der Waals surface area (Å²) in [5.41, 5.74) is 0.847. The third-order valence-electron chi connectivity index (χ3n) is 6.30. The normalized spacial score (nSPS) is 19.7. The second kappa shape index (κ2) is 10.5. The van der Waals surface area contributed by atoms with Crippen LogP contribution in [0, 0.1) is 17.6 Å². The molecule has 0 spiro atoms. The molecule has 0 aromatic heterocycles. The van der Waals surface area contributed by atoms with E-state index in [1.54, 1.807) is 12.1 Å². The molecule has 0 bridgehead atoms. The van der Waals surface area contributed by atoms with Crippen molar-refractivity contribution < 1.29 is 36.6 Å². The first-order valence-electron chi connectivity index (χ1n) is 11.4. The van der Waals surface area contributed by atoms with Crippen molar-refractivity contribution in [3.63, 3.8) is 0 Å². The summed E-state index contributed by atoms with van der Waals surface area (Å²) in [5.74, 6) is -1.98. The van der Waals surface area contributed by atoms with Gasteiger partial charge in [0, 0.05) is 37.6 Å². The number of hydrogen-bond acceptors (Lipinski definition) is 4. The highest BCUT2D eigenvalue weighted by molar-refractivity contribution is 5.87. The van der Waals surface area contributed by atoms with Gasteiger partial charge in [-0.15, -0.1) is 0 Å². The second-order valence-electron chi connectivity index (χ2n) is 8.91. The van der Waals surface area contributed by atoms with Crippen molar-refractivity contribution in [2.24, 2.45) is 5.92 Å². The van der Waals surface area contributed by atoms with E-state index in [0.29, 0.717) is 12.5 Å². The first kappa shape index (κ1) is 24.8. The molecule has 1 aliphatic carbocycles. The number of carbonyl (C=O) groups excluding carboxylic acids is 2. The van der Waals surface area contributed by atoms with E-state index in [2.05, 4.69) is 10.1 Å². The van der Waals surface area contributed by atoms with E-state index < -0.39 is 30.2 Å². The highest BCUT2D eigenvalue weighted by Gasteiger charge is 2.39. The molecule has 1 heterocycles. The van der Waals surface area contributed by atoms with Crippen LogP contribution in [0.3, 0.4) is 0 Å². The van der Waals surface area contributed by atoms with E-state index in [1.165, 1.54) is 24.0 Å². The van der Waals surface area contributed by atoms with E-state index in [9.17, 15) is 27.2 Å². The van der Waals surface area contributed by atoms with E-state index in [4.69, 9.17) is 4.74 Å². The molecule has 2 aromatic rings. The zero-order valence-corrected chi connectivity index (χ0v) is 19.1. The predicted octanol–water partition coefficient (Wildman–Crippen LogP) is 4.38. The number of nitrogens with one attached hydrogen (secondary N) is 1. The molecule has 1 saturated heterocycles. The molecule has 2 fully saturated rings. The minimum absolute atomic E-state index is 0.0681. The molecule has 4 rings (SSSR count). The van der Waals surface area contributed by atoms with Crippen LogP contribution in [0.4, 0.5) is 17.6 Å². The van der Waals surface area contributed by atoms with E-state index in [0.717, 1.165) is 30.5 Å². The van der Waals surface area contributed by atoms with Gasteiger partial charge >= 0.3 is 6.61 Å². The van der Waals surface area contributed by atoms with Gasteiger partial charge in [0.15, 0.2) is 11.5 Å². The van der Waals surface area contributed by atoms with Crippen LogP contribution in [0.25, 0.3) is 0 Å². The average molecular weight is 494 g/mol. The number of benzene rings is 2. The van der Waals surface area contributed by atoms with Gasteiger partial charge in [-0.1, -0.05) is 12.1 Å². The fourth-order valence-electron chi connectivity index (χ4n) is 4.22. The number of nitrogens with zero attached hydrogens (tertiary/aromatic N) is 1. The van der Waals surface area contributed by atoms with Gasteiger partial charge in [0.1, 0.15) is 17.7 Å². The van der Waals surface area contributed by atoms with Crippen LogP contribution < -0.4 is 14.8 Å². The first-order chi connectivity index (χ1) is 16.7. The lowest BCUT2D eigenvalue weighted by molar-refractivity contribution is -0.136. The minimum Gasteiger partial charge on any atom is -0.489 e. The molecule has 10 heteroatoms. The zero-order chi connectivity index (χ0) is 25.1. The summed E-state index contributed by atoms with van der Waals surface area (Å²) in [5, 5.41) is 2.62. The van der Waals surface area contributed by atoms with Crippen molar-refractivity contribution in [2.75, 3.05) is 13.2 Å². The zero-order valence-electron chi connectivity index (χ0n) is 19.1. The Morgan fingerprint density at radius 1 is 1.11 bits per heavy atom. The smallest absolute Gasteiger partial charge is 0.387 e. The van der Waals surface area contributed by atoms with Crippen LogP contribution in [0.5, 0.6) is 11.5 Å². The molecular weight excluding hydrogens is 468 g/mol. The third kappa shape index (κ3) is 6.23. The van der Waals surface area contributed by atoms with E-state index in [-0.39, 0.29) is 48.4 Å². The van der Waals surface area contributed by atoms with Gasteiger partial charge in [0.05, 0.1) is 6.61 Å². The standard InChI is InChI=1S/C25H26F4N2O4/c1-14(32)31-12-18(8-21(31)24(33)30-11-17-4-6-19(26)10-20(17)27)16-5-7-22(35-25(28)29)23(9-16)34-13-15-2-3-15/h4-7,9-10,15,18,21,25H,2-3,8,11-13H2,1H3,(H,30,33)/t18?,21-/m1/s1. The Morgan fingerprint density at radius 3 is 2.54 bits per heavy atom. The molecule has 2 aliphatic rings. The van der Waals surface area contributed by atoms with Crippen molar-refractivity contribution in [1.82, 2.24) is 10.2 Å². The molecule has 0 radical (unpaired) electrons. The topological polar surface area (TPSA) is 67.9 Å². The molecule has 1 aliphatic heterocycles. The minimum atomic E-state index is -3.00. The Balaban J connectivity index is 1.47. The van der Waals surface area contributed by atoms with Gasteiger partial charge in [0.25, 0.3) is 0 Å². The van der Waals surface area contributed by atoms with Crippen molar-refractivity contribution >= 4 is 11.8 Å². The number of ether oxygens (including phenoxy) is 2. The summed E-state index contributed by atoms with van der Waals surface area (Å²) in [4.78, 5) is 26.6. The number of hydrogen-bond donors (Lipinski definition) is 1. The number of carbonyl (C=O) groups is 2.